The summed E-state index contributed by atoms with van der Waals surface area (Å²) in [7, 11) is 1.34. The largest absolute Gasteiger partial charge is 0.494 e. The third-order valence-electron chi connectivity index (χ3n) is 2.43. The third kappa shape index (κ3) is 4.55. The second-order valence-electron chi connectivity index (χ2n) is 3.87. The molecule has 1 rings (SSSR count). The van der Waals surface area contributed by atoms with Gasteiger partial charge in [-0.25, -0.2) is 4.39 Å². The fraction of sp³-hybridized carbons (Fsp3) is 0.333. The summed E-state index contributed by atoms with van der Waals surface area (Å²) in [5.41, 5.74) is 5.82. The second-order valence-corrected chi connectivity index (χ2v) is 3.87. The minimum Gasteiger partial charge on any atom is -0.494 e. The summed E-state index contributed by atoms with van der Waals surface area (Å²) in [6.45, 7) is 0. The fourth-order valence-electron chi connectivity index (χ4n) is 1.40. The Kier molecular flexibility index (Phi) is 5.25. The number of methoxy groups -OCH3 is 1. The van der Waals surface area contributed by atoms with Crippen LogP contribution in [0.4, 0.5) is 10.1 Å². The summed E-state index contributed by atoms with van der Waals surface area (Å²) in [5, 5.41) is 11.0. The number of amides is 1. The molecule has 0 fully saturated rings. The minimum absolute atomic E-state index is 0.0185. The molecule has 0 saturated heterocycles. The van der Waals surface area contributed by atoms with Crippen LogP contribution in [0.1, 0.15) is 12.8 Å². The van der Waals surface area contributed by atoms with E-state index in [0.29, 0.717) is 0 Å². The summed E-state index contributed by atoms with van der Waals surface area (Å²) in [6.07, 6.45) is -0.181. The van der Waals surface area contributed by atoms with Crippen molar-refractivity contribution in [2.75, 3.05) is 12.4 Å². The lowest BCUT2D eigenvalue weighted by Gasteiger charge is -2.13. The van der Waals surface area contributed by atoms with E-state index in [1.807, 2.05) is 0 Å². The zero-order valence-corrected chi connectivity index (χ0v) is 10.4. The standard InChI is InChI=1S/C12H15FN2O4/c1-19-10-6-7(13)2-4-9(10)15-12(18)8(14)3-5-11(16)17/h2,4,6,8H,3,5,14H2,1H3,(H,15,18)(H,16,17). The highest BCUT2D eigenvalue weighted by Crippen LogP contribution is 2.25. The van der Waals surface area contributed by atoms with Gasteiger partial charge in [-0.1, -0.05) is 0 Å². The maximum absolute atomic E-state index is 13.0. The predicted octanol–water partition coefficient (Wildman–Crippen LogP) is 0.965. The Morgan fingerprint density at radius 3 is 2.79 bits per heavy atom. The van der Waals surface area contributed by atoms with Gasteiger partial charge in [0, 0.05) is 12.5 Å². The Morgan fingerprint density at radius 1 is 1.53 bits per heavy atom. The topological polar surface area (TPSA) is 102 Å². The molecule has 6 nitrogen and oxygen atoms in total. The molecule has 1 amide bonds. The van der Waals surface area contributed by atoms with Gasteiger partial charge in [0.2, 0.25) is 5.91 Å². The molecule has 104 valence electrons. The monoisotopic (exact) mass is 270 g/mol. The molecule has 1 aromatic carbocycles. The maximum atomic E-state index is 13.0. The van der Waals surface area contributed by atoms with Crippen LogP contribution in [0, 0.1) is 5.82 Å². The van der Waals surface area contributed by atoms with Crippen molar-refractivity contribution < 1.29 is 23.8 Å². The molecule has 0 aromatic heterocycles. The van der Waals surface area contributed by atoms with Crippen molar-refractivity contribution in [2.45, 2.75) is 18.9 Å². The van der Waals surface area contributed by atoms with Gasteiger partial charge in [-0.3, -0.25) is 9.59 Å². The molecule has 1 atom stereocenters. The molecule has 0 aliphatic heterocycles. The molecule has 0 aliphatic rings. The Balaban J connectivity index is 2.68. The number of halogens is 1. The number of hydrogen-bond donors (Lipinski definition) is 3. The van der Waals surface area contributed by atoms with E-state index in [2.05, 4.69) is 5.32 Å². The van der Waals surface area contributed by atoms with Gasteiger partial charge in [0.15, 0.2) is 0 Å². The molecule has 0 saturated carbocycles. The molecule has 1 aromatic rings. The quantitative estimate of drug-likeness (QED) is 0.714. The molecule has 0 radical (unpaired) electrons. The lowest BCUT2D eigenvalue weighted by molar-refractivity contribution is -0.137. The lowest BCUT2D eigenvalue weighted by Crippen LogP contribution is -2.36. The summed E-state index contributed by atoms with van der Waals surface area (Å²) in [6, 6.07) is 2.68. The van der Waals surface area contributed by atoms with E-state index in [-0.39, 0.29) is 24.3 Å². The Hall–Kier alpha value is -2.15. The van der Waals surface area contributed by atoms with Gasteiger partial charge in [-0.15, -0.1) is 0 Å². The summed E-state index contributed by atoms with van der Waals surface area (Å²) >= 11 is 0. The number of anilines is 1. The average molecular weight is 270 g/mol. The first-order chi connectivity index (χ1) is 8.93. The minimum atomic E-state index is -1.03. The number of hydrogen-bond acceptors (Lipinski definition) is 4. The number of nitrogens with one attached hydrogen (secondary N) is 1. The van der Waals surface area contributed by atoms with E-state index in [0.717, 1.165) is 6.07 Å². The number of carboxylic acids is 1. The van der Waals surface area contributed by atoms with Crippen LogP contribution in [0.5, 0.6) is 5.75 Å². The number of carbonyl (C=O) groups excluding carboxylic acids is 1. The smallest absolute Gasteiger partial charge is 0.303 e. The van der Waals surface area contributed by atoms with Crippen molar-refractivity contribution in [3.8, 4) is 5.75 Å². The molecule has 7 heteroatoms. The van der Waals surface area contributed by atoms with E-state index < -0.39 is 23.7 Å². The molecule has 0 aliphatic carbocycles. The van der Waals surface area contributed by atoms with Crippen LogP contribution in [-0.4, -0.2) is 30.1 Å². The second kappa shape index (κ2) is 6.69. The van der Waals surface area contributed by atoms with Crippen molar-refractivity contribution in [3.05, 3.63) is 24.0 Å². The molecular formula is C12H15FN2O4. The Bertz CT molecular complexity index is 479. The number of carbonyl (C=O) groups is 2. The van der Waals surface area contributed by atoms with E-state index >= 15 is 0 Å². The van der Waals surface area contributed by atoms with Crippen molar-refractivity contribution in [3.63, 3.8) is 0 Å². The summed E-state index contributed by atoms with van der Waals surface area (Å²) < 4.78 is 17.9. The summed E-state index contributed by atoms with van der Waals surface area (Å²) in [4.78, 5) is 22.1. The first-order valence-electron chi connectivity index (χ1n) is 5.56. The zero-order valence-electron chi connectivity index (χ0n) is 10.4. The van der Waals surface area contributed by atoms with Crippen molar-refractivity contribution >= 4 is 17.6 Å². The van der Waals surface area contributed by atoms with Crippen LogP contribution >= 0.6 is 0 Å². The normalized spacial score (nSPS) is 11.7. The predicted molar refractivity (Wildman–Crippen MR) is 66.4 cm³/mol. The van der Waals surface area contributed by atoms with E-state index in [1.165, 1.54) is 19.2 Å². The van der Waals surface area contributed by atoms with Crippen LogP contribution in [0.2, 0.25) is 0 Å². The van der Waals surface area contributed by atoms with E-state index in [1.54, 1.807) is 0 Å². The number of nitrogens with two attached hydrogens (primary N) is 1. The molecular weight excluding hydrogens is 255 g/mol. The third-order valence-corrected chi connectivity index (χ3v) is 2.43. The number of ether oxygens (including phenoxy) is 1. The first-order valence-corrected chi connectivity index (χ1v) is 5.56. The number of carboxylic acid groups (broad SMARTS) is 1. The number of rotatable bonds is 6. The molecule has 0 bridgehead atoms. The molecule has 19 heavy (non-hydrogen) atoms. The van der Waals surface area contributed by atoms with Gasteiger partial charge >= 0.3 is 5.97 Å². The van der Waals surface area contributed by atoms with E-state index in [4.69, 9.17) is 15.6 Å². The van der Waals surface area contributed by atoms with Crippen molar-refractivity contribution in [2.24, 2.45) is 5.73 Å². The van der Waals surface area contributed by atoms with Crippen LogP contribution in [0.3, 0.4) is 0 Å². The van der Waals surface area contributed by atoms with Gasteiger partial charge in [0.25, 0.3) is 0 Å². The molecule has 4 N–H and O–H groups in total. The highest BCUT2D eigenvalue weighted by molar-refractivity contribution is 5.96. The lowest BCUT2D eigenvalue weighted by atomic mass is 10.1. The molecule has 0 spiro atoms. The van der Waals surface area contributed by atoms with Gasteiger partial charge in [-0.2, -0.15) is 0 Å². The highest BCUT2D eigenvalue weighted by atomic mass is 19.1. The highest BCUT2D eigenvalue weighted by Gasteiger charge is 2.16. The Morgan fingerprint density at radius 2 is 2.21 bits per heavy atom. The molecule has 1 unspecified atom stereocenters. The van der Waals surface area contributed by atoms with Crippen molar-refractivity contribution in [1.82, 2.24) is 0 Å². The SMILES string of the molecule is COc1cc(F)ccc1NC(=O)C(N)CCC(=O)O. The fourth-order valence-corrected chi connectivity index (χ4v) is 1.40. The molecule has 0 heterocycles. The first kappa shape index (κ1) is 14.9. The van der Waals surface area contributed by atoms with Gasteiger partial charge in [-0.05, 0) is 18.6 Å². The van der Waals surface area contributed by atoms with Crippen LogP contribution in [0.25, 0.3) is 0 Å². The average Bonchev–Trinajstić information content (AvgIpc) is 2.37. The summed E-state index contributed by atoms with van der Waals surface area (Å²) in [5.74, 6) is -1.91. The van der Waals surface area contributed by atoms with Gasteiger partial charge in [0.1, 0.15) is 11.6 Å². The van der Waals surface area contributed by atoms with E-state index in [9.17, 15) is 14.0 Å². The van der Waals surface area contributed by atoms with Gasteiger partial charge in [0.05, 0.1) is 18.8 Å². The van der Waals surface area contributed by atoms with Crippen molar-refractivity contribution in [1.29, 1.82) is 0 Å². The Labute approximate surface area is 109 Å². The number of aliphatic carboxylic acids is 1. The van der Waals surface area contributed by atoms with Gasteiger partial charge < -0.3 is 20.9 Å². The van der Waals surface area contributed by atoms with Crippen LogP contribution in [0.15, 0.2) is 18.2 Å². The maximum Gasteiger partial charge on any atom is 0.303 e. The zero-order chi connectivity index (χ0) is 14.4. The van der Waals surface area contributed by atoms with Crippen LogP contribution in [-0.2, 0) is 9.59 Å². The number of benzene rings is 1. The van der Waals surface area contributed by atoms with Crippen LogP contribution < -0.4 is 15.8 Å².